The Morgan fingerprint density at radius 2 is 2.29 bits per heavy atom. The van der Waals surface area contributed by atoms with Crippen molar-refractivity contribution in [2.45, 2.75) is 38.3 Å². The summed E-state index contributed by atoms with van der Waals surface area (Å²) >= 11 is 0. The molecule has 1 fully saturated rings. The molecular weight excluding hydrogens is 222 g/mol. The molecule has 1 heterocycles. The number of nitrogens with one attached hydrogen (secondary N) is 2. The maximum absolute atomic E-state index is 11.3. The molecule has 1 saturated carbocycles. The number of carbonyl (C=O) groups is 1. The molecular formula is C10H17N5O2. The lowest BCUT2D eigenvalue weighted by atomic mass is 10.3. The Morgan fingerprint density at radius 1 is 1.47 bits per heavy atom. The first kappa shape index (κ1) is 11.8. The molecule has 0 bridgehead atoms. The molecule has 7 nitrogen and oxygen atoms in total. The van der Waals surface area contributed by atoms with E-state index in [0.29, 0.717) is 30.9 Å². The van der Waals surface area contributed by atoms with Gasteiger partial charge in [0, 0.05) is 19.0 Å². The minimum absolute atomic E-state index is 0.113. The third kappa shape index (κ3) is 4.03. The third-order valence-corrected chi connectivity index (χ3v) is 2.44. The van der Waals surface area contributed by atoms with Crippen LogP contribution in [0.4, 0.5) is 6.01 Å². The third-order valence-electron chi connectivity index (χ3n) is 2.44. The van der Waals surface area contributed by atoms with Crippen molar-refractivity contribution in [3.8, 4) is 0 Å². The number of aromatic nitrogens is 2. The van der Waals surface area contributed by atoms with Gasteiger partial charge in [0.2, 0.25) is 11.8 Å². The predicted octanol–water partition coefficient (Wildman–Crippen LogP) is -0.00100. The molecule has 4 N–H and O–H groups in total. The van der Waals surface area contributed by atoms with Crippen LogP contribution in [0.3, 0.4) is 0 Å². The Morgan fingerprint density at radius 3 is 2.94 bits per heavy atom. The number of rotatable bonds is 7. The summed E-state index contributed by atoms with van der Waals surface area (Å²) in [6, 6.07) is 0.784. The summed E-state index contributed by atoms with van der Waals surface area (Å²) in [4.78, 5) is 11.3. The molecule has 1 aromatic heterocycles. The van der Waals surface area contributed by atoms with Gasteiger partial charge in [-0.1, -0.05) is 5.10 Å². The van der Waals surface area contributed by atoms with Crippen LogP contribution in [0.5, 0.6) is 0 Å². The molecule has 0 unspecified atom stereocenters. The summed E-state index contributed by atoms with van der Waals surface area (Å²) in [7, 11) is 0. The van der Waals surface area contributed by atoms with Gasteiger partial charge in [-0.25, -0.2) is 0 Å². The standard InChI is InChI=1S/C10H17N5O2/c11-6-9-14-15-10(17-9)12-5-1-2-8(16)13-7-3-4-7/h7H,1-6,11H2,(H,12,15)(H,13,16). The molecule has 1 aliphatic carbocycles. The van der Waals surface area contributed by atoms with Crippen LogP contribution in [0.2, 0.25) is 0 Å². The molecule has 0 spiro atoms. The van der Waals surface area contributed by atoms with E-state index in [1.54, 1.807) is 0 Å². The Labute approximate surface area is 99.1 Å². The Hall–Kier alpha value is -1.63. The highest BCUT2D eigenvalue weighted by Crippen LogP contribution is 2.18. The molecule has 1 aromatic rings. The fourth-order valence-electron chi connectivity index (χ4n) is 1.38. The molecule has 17 heavy (non-hydrogen) atoms. The molecule has 1 amide bonds. The maximum atomic E-state index is 11.3. The van der Waals surface area contributed by atoms with Gasteiger partial charge in [-0.3, -0.25) is 4.79 Å². The van der Waals surface area contributed by atoms with Gasteiger partial charge in [-0.2, -0.15) is 0 Å². The highest BCUT2D eigenvalue weighted by atomic mass is 16.4. The van der Waals surface area contributed by atoms with Crippen LogP contribution in [0, 0.1) is 0 Å². The predicted molar refractivity (Wildman–Crippen MR) is 61.1 cm³/mol. The normalized spacial score (nSPS) is 14.6. The zero-order chi connectivity index (χ0) is 12.1. The van der Waals surface area contributed by atoms with E-state index in [1.165, 1.54) is 0 Å². The van der Waals surface area contributed by atoms with Gasteiger partial charge in [0.15, 0.2) is 0 Å². The average molecular weight is 239 g/mol. The summed E-state index contributed by atoms with van der Waals surface area (Å²) in [5.74, 6) is 0.515. The number of amides is 1. The van der Waals surface area contributed by atoms with Crippen LogP contribution in [0.1, 0.15) is 31.6 Å². The van der Waals surface area contributed by atoms with Crippen molar-refractivity contribution in [2.24, 2.45) is 5.73 Å². The van der Waals surface area contributed by atoms with E-state index in [-0.39, 0.29) is 12.5 Å². The van der Waals surface area contributed by atoms with Gasteiger partial charge in [-0.05, 0) is 19.3 Å². The smallest absolute Gasteiger partial charge is 0.315 e. The van der Waals surface area contributed by atoms with E-state index >= 15 is 0 Å². The van der Waals surface area contributed by atoms with E-state index in [1.807, 2.05) is 0 Å². The SMILES string of the molecule is NCc1nnc(NCCCC(=O)NC2CC2)o1. The van der Waals surface area contributed by atoms with Gasteiger partial charge < -0.3 is 20.8 Å². The van der Waals surface area contributed by atoms with Gasteiger partial charge in [0.05, 0.1) is 6.54 Å². The van der Waals surface area contributed by atoms with Crippen LogP contribution < -0.4 is 16.4 Å². The molecule has 0 aromatic carbocycles. The first-order valence-corrected chi connectivity index (χ1v) is 5.83. The van der Waals surface area contributed by atoms with E-state index in [2.05, 4.69) is 20.8 Å². The van der Waals surface area contributed by atoms with Crippen LogP contribution in [0.25, 0.3) is 0 Å². The maximum Gasteiger partial charge on any atom is 0.315 e. The number of hydrogen-bond acceptors (Lipinski definition) is 6. The van der Waals surface area contributed by atoms with Crippen molar-refractivity contribution in [2.75, 3.05) is 11.9 Å². The van der Waals surface area contributed by atoms with Crippen molar-refractivity contribution >= 4 is 11.9 Å². The summed E-state index contributed by atoms with van der Waals surface area (Å²) in [5, 5.41) is 13.3. The highest BCUT2D eigenvalue weighted by molar-refractivity contribution is 5.76. The molecule has 0 radical (unpaired) electrons. The lowest BCUT2D eigenvalue weighted by Gasteiger charge is -2.03. The number of anilines is 1. The van der Waals surface area contributed by atoms with Crippen molar-refractivity contribution in [3.63, 3.8) is 0 Å². The first-order valence-electron chi connectivity index (χ1n) is 5.83. The van der Waals surface area contributed by atoms with E-state index in [9.17, 15) is 4.79 Å². The minimum atomic E-state index is 0.113. The summed E-state index contributed by atoms with van der Waals surface area (Å²) in [5.41, 5.74) is 5.33. The molecule has 0 atom stereocenters. The molecule has 0 aliphatic heterocycles. The summed E-state index contributed by atoms with van der Waals surface area (Å²) in [6.07, 6.45) is 3.49. The monoisotopic (exact) mass is 239 g/mol. The molecule has 94 valence electrons. The quantitative estimate of drug-likeness (QED) is 0.578. The van der Waals surface area contributed by atoms with E-state index < -0.39 is 0 Å². The lowest BCUT2D eigenvalue weighted by Crippen LogP contribution is -2.25. The minimum Gasteiger partial charge on any atom is -0.407 e. The molecule has 0 saturated heterocycles. The Balaban J connectivity index is 1.57. The second-order valence-corrected chi connectivity index (χ2v) is 4.08. The topological polar surface area (TPSA) is 106 Å². The van der Waals surface area contributed by atoms with Crippen LogP contribution in [-0.4, -0.2) is 28.7 Å². The number of nitrogens with zero attached hydrogens (tertiary/aromatic N) is 2. The average Bonchev–Trinajstić information content (AvgIpc) is 3.01. The fraction of sp³-hybridized carbons (Fsp3) is 0.700. The number of hydrogen-bond donors (Lipinski definition) is 3. The van der Waals surface area contributed by atoms with Crippen LogP contribution >= 0.6 is 0 Å². The van der Waals surface area contributed by atoms with Gasteiger partial charge in [-0.15, -0.1) is 5.10 Å². The van der Waals surface area contributed by atoms with Crippen molar-refractivity contribution < 1.29 is 9.21 Å². The highest BCUT2D eigenvalue weighted by Gasteiger charge is 2.22. The zero-order valence-corrected chi connectivity index (χ0v) is 9.61. The first-order chi connectivity index (χ1) is 8.28. The Kier molecular flexibility index (Phi) is 3.92. The summed E-state index contributed by atoms with van der Waals surface area (Å²) in [6.45, 7) is 0.864. The van der Waals surface area contributed by atoms with Gasteiger partial charge >= 0.3 is 6.01 Å². The van der Waals surface area contributed by atoms with E-state index in [0.717, 1.165) is 19.3 Å². The lowest BCUT2D eigenvalue weighted by molar-refractivity contribution is -0.121. The summed E-state index contributed by atoms with van der Waals surface area (Å²) < 4.78 is 5.16. The van der Waals surface area contributed by atoms with Crippen molar-refractivity contribution in [1.29, 1.82) is 0 Å². The largest absolute Gasteiger partial charge is 0.407 e. The molecule has 7 heteroatoms. The van der Waals surface area contributed by atoms with Gasteiger partial charge in [0.25, 0.3) is 0 Å². The fourth-order valence-corrected chi connectivity index (χ4v) is 1.38. The number of nitrogens with two attached hydrogens (primary N) is 1. The van der Waals surface area contributed by atoms with E-state index in [4.69, 9.17) is 10.2 Å². The van der Waals surface area contributed by atoms with Crippen molar-refractivity contribution in [3.05, 3.63) is 5.89 Å². The second-order valence-electron chi connectivity index (χ2n) is 4.08. The number of carbonyl (C=O) groups excluding carboxylic acids is 1. The van der Waals surface area contributed by atoms with Gasteiger partial charge in [0.1, 0.15) is 0 Å². The molecule has 1 aliphatic rings. The Bertz CT molecular complexity index is 375. The van der Waals surface area contributed by atoms with Crippen LogP contribution in [-0.2, 0) is 11.3 Å². The zero-order valence-electron chi connectivity index (χ0n) is 9.61. The molecule has 2 rings (SSSR count). The van der Waals surface area contributed by atoms with Crippen LogP contribution in [0.15, 0.2) is 4.42 Å². The van der Waals surface area contributed by atoms with Crippen molar-refractivity contribution in [1.82, 2.24) is 15.5 Å². The second kappa shape index (κ2) is 5.62.